The third-order valence-electron chi connectivity index (χ3n) is 1.94. The van der Waals surface area contributed by atoms with Gasteiger partial charge in [-0.2, -0.15) is 0 Å². The van der Waals surface area contributed by atoms with Gasteiger partial charge in [0.05, 0.1) is 6.61 Å². The van der Waals surface area contributed by atoms with Crippen molar-refractivity contribution in [2.24, 2.45) is 0 Å². The first-order valence-electron chi connectivity index (χ1n) is 4.07. The van der Waals surface area contributed by atoms with Gasteiger partial charge in [-0.25, -0.2) is 0 Å². The van der Waals surface area contributed by atoms with Crippen LogP contribution in [0.2, 0.25) is 0 Å². The van der Waals surface area contributed by atoms with Gasteiger partial charge in [0.15, 0.2) is 0 Å². The highest BCUT2D eigenvalue weighted by Gasteiger charge is 2.03. The highest BCUT2D eigenvalue weighted by Crippen LogP contribution is 2.22. The van der Waals surface area contributed by atoms with E-state index in [0.717, 1.165) is 5.56 Å². The second kappa shape index (κ2) is 3.59. The Kier molecular flexibility index (Phi) is 2.71. The summed E-state index contributed by atoms with van der Waals surface area (Å²) in [6.45, 7) is 4.05. The molecule has 0 saturated heterocycles. The van der Waals surface area contributed by atoms with Gasteiger partial charge < -0.3 is 10.2 Å². The predicted molar refractivity (Wildman–Crippen MR) is 48.1 cm³/mol. The Bertz CT molecular complexity index is 267. The van der Waals surface area contributed by atoms with Crippen molar-refractivity contribution >= 4 is 0 Å². The van der Waals surface area contributed by atoms with Gasteiger partial charge in [-0.1, -0.05) is 19.9 Å². The number of rotatable bonds is 2. The van der Waals surface area contributed by atoms with Gasteiger partial charge >= 0.3 is 0 Å². The van der Waals surface area contributed by atoms with Crippen LogP contribution in [0.15, 0.2) is 18.2 Å². The van der Waals surface area contributed by atoms with E-state index < -0.39 is 0 Å². The van der Waals surface area contributed by atoms with E-state index in [1.807, 2.05) is 12.1 Å². The van der Waals surface area contributed by atoms with Crippen molar-refractivity contribution in [2.75, 3.05) is 0 Å². The molecule has 0 aliphatic rings. The van der Waals surface area contributed by atoms with Crippen LogP contribution >= 0.6 is 0 Å². The summed E-state index contributed by atoms with van der Waals surface area (Å²) in [4.78, 5) is 0. The number of hydrogen-bond donors (Lipinski definition) is 2. The summed E-state index contributed by atoms with van der Waals surface area (Å²) in [6.07, 6.45) is 0. The fourth-order valence-corrected chi connectivity index (χ4v) is 1.09. The maximum atomic E-state index is 9.26. The molecule has 0 atom stereocenters. The van der Waals surface area contributed by atoms with Crippen molar-refractivity contribution in [3.63, 3.8) is 0 Å². The van der Waals surface area contributed by atoms with Crippen molar-refractivity contribution in [3.8, 4) is 5.75 Å². The second-order valence-electron chi connectivity index (χ2n) is 3.20. The molecule has 2 N–H and O–H groups in total. The van der Waals surface area contributed by atoms with Crippen molar-refractivity contribution in [1.29, 1.82) is 0 Å². The minimum atomic E-state index is -0.105. The normalized spacial score (nSPS) is 10.7. The highest BCUT2D eigenvalue weighted by atomic mass is 16.3. The standard InChI is InChI=1S/C10H14O2/c1-7(2)8-3-4-10(12)9(5-8)6-11/h3-5,7,11-12H,6H2,1-2H3. The molecule has 0 fully saturated rings. The van der Waals surface area contributed by atoms with E-state index >= 15 is 0 Å². The summed E-state index contributed by atoms with van der Waals surface area (Å²) in [6, 6.07) is 5.33. The minimum Gasteiger partial charge on any atom is -0.508 e. The smallest absolute Gasteiger partial charge is 0.121 e. The van der Waals surface area contributed by atoms with Gasteiger partial charge in [-0.15, -0.1) is 0 Å². The van der Waals surface area contributed by atoms with Crippen LogP contribution in [0.4, 0.5) is 0 Å². The average Bonchev–Trinajstić information content (AvgIpc) is 2.05. The van der Waals surface area contributed by atoms with Crippen LogP contribution in [0, 0.1) is 0 Å². The lowest BCUT2D eigenvalue weighted by Gasteiger charge is -2.07. The number of aliphatic hydroxyl groups is 1. The SMILES string of the molecule is CC(C)c1ccc(O)c(CO)c1. The molecule has 2 nitrogen and oxygen atoms in total. The molecule has 0 aromatic heterocycles. The Hall–Kier alpha value is -1.02. The maximum absolute atomic E-state index is 9.26. The maximum Gasteiger partial charge on any atom is 0.121 e. The summed E-state index contributed by atoms with van der Waals surface area (Å²) < 4.78 is 0. The molecule has 0 bridgehead atoms. The van der Waals surface area contributed by atoms with Crippen LogP contribution in [0.3, 0.4) is 0 Å². The van der Waals surface area contributed by atoms with Gasteiger partial charge in [-0.3, -0.25) is 0 Å². The van der Waals surface area contributed by atoms with Crippen LogP contribution in [0.5, 0.6) is 5.75 Å². The van der Waals surface area contributed by atoms with E-state index in [2.05, 4.69) is 13.8 Å². The Morgan fingerprint density at radius 3 is 2.50 bits per heavy atom. The predicted octanol–water partition coefficient (Wildman–Crippen LogP) is 2.01. The van der Waals surface area contributed by atoms with Gasteiger partial charge in [0, 0.05) is 5.56 Å². The molecular formula is C10H14O2. The van der Waals surface area contributed by atoms with Gasteiger partial charge in [-0.05, 0) is 23.6 Å². The summed E-state index contributed by atoms with van der Waals surface area (Å²) >= 11 is 0. The first-order chi connectivity index (χ1) is 5.65. The molecule has 0 radical (unpaired) electrons. The largest absolute Gasteiger partial charge is 0.508 e. The first kappa shape index (κ1) is 9.07. The molecule has 0 amide bonds. The summed E-state index contributed by atoms with van der Waals surface area (Å²) in [7, 11) is 0. The number of aromatic hydroxyl groups is 1. The zero-order chi connectivity index (χ0) is 9.14. The van der Waals surface area contributed by atoms with Gasteiger partial charge in [0.2, 0.25) is 0 Å². The Morgan fingerprint density at radius 1 is 1.33 bits per heavy atom. The van der Waals surface area contributed by atoms with E-state index in [9.17, 15) is 5.11 Å². The van der Waals surface area contributed by atoms with E-state index in [-0.39, 0.29) is 12.4 Å². The topological polar surface area (TPSA) is 40.5 Å². The molecule has 0 aliphatic heterocycles. The third kappa shape index (κ3) is 1.77. The number of phenols is 1. The van der Waals surface area contributed by atoms with Crippen molar-refractivity contribution in [3.05, 3.63) is 29.3 Å². The summed E-state index contributed by atoms with van der Waals surface area (Å²) in [5.41, 5.74) is 1.73. The third-order valence-corrected chi connectivity index (χ3v) is 1.94. The lowest BCUT2D eigenvalue weighted by atomic mass is 10.0. The first-order valence-corrected chi connectivity index (χ1v) is 4.07. The second-order valence-corrected chi connectivity index (χ2v) is 3.20. The molecular weight excluding hydrogens is 152 g/mol. The summed E-state index contributed by atoms with van der Waals surface area (Å²) in [5.74, 6) is 0.595. The number of hydrogen-bond acceptors (Lipinski definition) is 2. The monoisotopic (exact) mass is 166 g/mol. The fraction of sp³-hybridized carbons (Fsp3) is 0.400. The Morgan fingerprint density at radius 2 is 2.00 bits per heavy atom. The molecule has 1 aromatic carbocycles. The molecule has 12 heavy (non-hydrogen) atoms. The molecule has 0 unspecified atom stereocenters. The van der Waals surface area contributed by atoms with Crippen molar-refractivity contribution in [2.45, 2.75) is 26.4 Å². The molecule has 2 heteroatoms. The summed E-state index contributed by atoms with van der Waals surface area (Å²) in [5, 5.41) is 18.1. The van der Waals surface area contributed by atoms with Crippen molar-refractivity contribution in [1.82, 2.24) is 0 Å². The van der Waals surface area contributed by atoms with Gasteiger partial charge in [0.1, 0.15) is 5.75 Å². The molecule has 66 valence electrons. The fourth-order valence-electron chi connectivity index (χ4n) is 1.09. The van der Waals surface area contributed by atoms with Gasteiger partial charge in [0.25, 0.3) is 0 Å². The molecule has 0 heterocycles. The molecule has 0 aliphatic carbocycles. The zero-order valence-corrected chi connectivity index (χ0v) is 7.41. The van der Waals surface area contributed by atoms with E-state index in [1.54, 1.807) is 6.07 Å². The minimum absolute atomic E-state index is 0.105. The molecule has 1 rings (SSSR count). The average molecular weight is 166 g/mol. The van der Waals surface area contributed by atoms with Crippen LogP contribution < -0.4 is 0 Å². The van der Waals surface area contributed by atoms with Crippen LogP contribution in [0.1, 0.15) is 30.9 Å². The molecule has 0 spiro atoms. The van der Waals surface area contributed by atoms with Crippen molar-refractivity contribution < 1.29 is 10.2 Å². The Labute approximate surface area is 72.5 Å². The molecule has 0 saturated carbocycles. The Balaban J connectivity index is 3.05. The lowest BCUT2D eigenvalue weighted by Crippen LogP contribution is -1.91. The van der Waals surface area contributed by atoms with Crippen LogP contribution in [-0.2, 0) is 6.61 Å². The van der Waals surface area contributed by atoms with Crippen LogP contribution in [0.25, 0.3) is 0 Å². The highest BCUT2D eigenvalue weighted by molar-refractivity contribution is 5.36. The van der Waals surface area contributed by atoms with E-state index in [4.69, 9.17) is 5.11 Å². The van der Waals surface area contributed by atoms with Crippen LogP contribution in [-0.4, -0.2) is 10.2 Å². The zero-order valence-electron chi connectivity index (χ0n) is 7.41. The number of benzene rings is 1. The quantitative estimate of drug-likeness (QED) is 0.705. The van der Waals surface area contributed by atoms with E-state index in [0.29, 0.717) is 11.5 Å². The van der Waals surface area contributed by atoms with E-state index in [1.165, 1.54) is 0 Å². The lowest BCUT2D eigenvalue weighted by molar-refractivity contribution is 0.275. The molecule has 1 aromatic rings. The number of aliphatic hydroxyl groups excluding tert-OH is 1.